The maximum atomic E-state index is 13.2. The minimum absolute atomic E-state index is 0.0341. The van der Waals surface area contributed by atoms with E-state index in [2.05, 4.69) is 29.9 Å². The number of ether oxygens (including phenoxy) is 2. The van der Waals surface area contributed by atoms with E-state index in [0.29, 0.717) is 41.6 Å². The fourth-order valence-corrected chi connectivity index (χ4v) is 7.13. The van der Waals surface area contributed by atoms with Crippen molar-refractivity contribution in [3.8, 4) is 0 Å². The number of rotatable bonds is 2. The quantitative estimate of drug-likeness (QED) is 0.130. The van der Waals surface area contributed by atoms with Gasteiger partial charge in [0.2, 0.25) is 0 Å². The van der Waals surface area contributed by atoms with Crippen molar-refractivity contribution in [2.45, 2.75) is 62.2 Å². The predicted molar refractivity (Wildman–Crippen MR) is 145 cm³/mol. The molecule has 0 amide bonds. The summed E-state index contributed by atoms with van der Waals surface area (Å²) < 4.78 is 39.5. The molecule has 4 aromatic heterocycles. The van der Waals surface area contributed by atoms with Gasteiger partial charge in [0.25, 0.3) is 0 Å². The second-order valence-electron chi connectivity index (χ2n) is 10.4. The maximum Gasteiger partial charge on any atom is 0.472 e. The van der Waals surface area contributed by atoms with Crippen LogP contribution in [0.2, 0.25) is 0 Å². The molecule has 0 saturated carbocycles. The first-order chi connectivity index (χ1) is 20.1. The fourth-order valence-electron chi connectivity index (χ4n) is 5.94. The van der Waals surface area contributed by atoms with E-state index >= 15 is 0 Å². The highest BCUT2D eigenvalue weighted by Crippen LogP contribution is 2.51. The number of nitrogens with one attached hydrogen (secondary N) is 1. The second kappa shape index (κ2) is 10.2. The first-order valence-corrected chi connectivity index (χ1v) is 15.0. The molecule has 224 valence electrons. The molecule has 8 N–H and O–H groups in total. The van der Waals surface area contributed by atoms with E-state index in [9.17, 15) is 19.7 Å². The summed E-state index contributed by atoms with van der Waals surface area (Å²) >= 11 is 5.24. The molecule has 3 saturated heterocycles. The minimum atomic E-state index is -4.79. The molecule has 1 unspecified atom stereocenters. The van der Waals surface area contributed by atoms with Crippen LogP contribution in [-0.2, 0) is 23.1 Å². The van der Waals surface area contributed by atoms with Crippen LogP contribution in [-0.4, -0.2) is 91.3 Å². The summed E-state index contributed by atoms with van der Waals surface area (Å²) in [6.45, 7) is -0.378. The number of phosphoric acid groups is 1. The van der Waals surface area contributed by atoms with Crippen molar-refractivity contribution < 1.29 is 38.2 Å². The van der Waals surface area contributed by atoms with Gasteiger partial charge in [0.15, 0.2) is 34.5 Å². The Labute approximate surface area is 241 Å². The van der Waals surface area contributed by atoms with E-state index in [-0.39, 0.29) is 23.0 Å². The Kier molecular flexibility index (Phi) is 6.76. The van der Waals surface area contributed by atoms with Gasteiger partial charge in [-0.25, -0.2) is 29.5 Å². The number of aromatic nitrogens is 8. The van der Waals surface area contributed by atoms with Crippen LogP contribution in [0.25, 0.3) is 22.3 Å². The molecular weight excluding hydrogens is 595 g/mol. The zero-order valence-electron chi connectivity index (χ0n) is 21.7. The molecule has 0 aliphatic carbocycles. The maximum absolute atomic E-state index is 13.2. The summed E-state index contributed by atoms with van der Waals surface area (Å²) in [6.07, 6.45) is -1.84. The third-order valence-electron chi connectivity index (χ3n) is 7.92. The number of hydrogen-bond donors (Lipinski definition) is 6. The van der Waals surface area contributed by atoms with Crippen LogP contribution in [0.4, 0.5) is 11.8 Å². The minimum Gasteiger partial charge on any atom is -0.388 e. The number of aromatic amines is 1. The van der Waals surface area contributed by atoms with Gasteiger partial charge in [-0.05, 0) is 12.8 Å². The van der Waals surface area contributed by atoms with Crippen molar-refractivity contribution in [1.29, 1.82) is 0 Å². The Hall–Kier alpha value is -3.13. The Morgan fingerprint density at radius 2 is 1.76 bits per heavy atom. The summed E-state index contributed by atoms with van der Waals surface area (Å²) in [4.78, 5) is 34.2. The van der Waals surface area contributed by atoms with E-state index < -0.39 is 56.7 Å². The summed E-state index contributed by atoms with van der Waals surface area (Å²) in [6, 6.07) is 0. The number of nitrogens with two attached hydrogens (primary N) is 2. The molecule has 7 rings (SSSR count). The average molecular weight is 623 g/mol. The van der Waals surface area contributed by atoms with Gasteiger partial charge >= 0.3 is 7.82 Å². The summed E-state index contributed by atoms with van der Waals surface area (Å²) in [5.74, 6) is -0.297. The standard InChI is InChI=1S/C22H27N10O8PS/c23-16-11-17(26-5-25-16)31(6-27-11)20-13(33)8-2-1-3-9-14(34)15(40-41(35,36)37-4-10(8)39-20)21(38-9)32-7-28-12-18(32)29-22(24)30-19(12)42/h5-10,13-15,20-21,33-34H,1-4H2,(H,35,36)(H2,23,25,26)(H3,24,29,30,42)/t8-,9-,10-,13-,14-,15-,20-,21-/m1/s1. The van der Waals surface area contributed by atoms with E-state index in [1.165, 1.54) is 23.5 Å². The zero-order chi connectivity index (χ0) is 29.3. The van der Waals surface area contributed by atoms with Crippen LogP contribution in [0.15, 0.2) is 19.0 Å². The lowest BCUT2D eigenvalue weighted by atomic mass is 9.91. The number of H-pyrrole nitrogens is 1. The molecule has 20 heteroatoms. The van der Waals surface area contributed by atoms with Crippen LogP contribution in [0.3, 0.4) is 0 Å². The fraction of sp³-hybridized carbons (Fsp3) is 0.545. The highest BCUT2D eigenvalue weighted by molar-refractivity contribution is 7.71. The van der Waals surface area contributed by atoms with Gasteiger partial charge in [-0.3, -0.25) is 18.2 Å². The number of phosphoric ester groups is 1. The van der Waals surface area contributed by atoms with E-state index in [1.54, 1.807) is 4.57 Å². The zero-order valence-corrected chi connectivity index (χ0v) is 23.4. The lowest BCUT2D eigenvalue weighted by Crippen LogP contribution is -2.35. The van der Waals surface area contributed by atoms with Crippen molar-refractivity contribution in [3.63, 3.8) is 0 Å². The Morgan fingerprint density at radius 3 is 2.60 bits per heavy atom. The SMILES string of the molecule is Nc1nc(=S)c2ncn([C@@H]3O[C@@H]4CCC[C@H]5[C@@H](O)[C@H](n6cnc7c(N)ncnc76)O[C@@H]5COP(=O)(O)O[C@@H]3[C@@H]4O)c2[nH]1. The van der Waals surface area contributed by atoms with Crippen LogP contribution in [0, 0.1) is 10.6 Å². The third-order valence-corrected chi connectivity index (χ3v) is 9.19. The van der Waals surface area contributed by atoms with Gasteiger partial charge in [0.05, 0.1) is 31.5 Å². The molecule has 42 heavy (non-hydrogen) atoms. The molecule has 0 spiro atoms. The van der Waals surface area contributed by atoms with E-state index in [0.717, 1.165) is 0 Å². The first-order valence-electron chi connectivity index (χ1n) is 13.1. The summed E-state index contributed by atoms with van der Waals surface area (Å²) in [5.41, 5.74) is 13.1. The summed E-state index contributed by atoms with van der Waals surface area (Å²) in [5, 5.41) is 22.5. The Balaban J connectivity index is 1.17. The molecule has 18 nitrogen and oxygen atoms in total. The van der Waals surface area contributed by atoms with Gasteiger partial charge < -0.3 is 41.0 Å². The lowest BCUT2D eigenvalue weighted by Gasteiger charge is -2.26. The lowest BCUT2D eigenvalue weighted by molar-refractivity contribution is -0.0568. The molecule has 3 aliphatic heterocycles. The van der Waals surface area contributed by atoms with Crippen molar-refractivity contribution in [1.82, 2.24) is 39.0 Å². The highest BCUT2D eigenvalue weighted by atomic mass is 32.1. The second-order valence-corrected chi connectivity index (χ2v) is 12.2. The number of anilines is 2. The molecule has 3 aliphatic rings. The Morgan fingerprint density at radius 1 is 1.00 bits per heavy atom. The van der Waals surface area contributed by atoms with Crippen molar-refractivity contribution >= 4 is 54.1 Å². The number of nitrogen functional groups attached to an aromatic ring is 2. The molecular formula is C22H27N10O8PS. The van der Waals surface area contributed by atoms with Crippen molar-refractivity contribution in [2.75, 3.05) is 18.1 Å². The van der Waals surface area contributed by atoms with Crippen LogP contribution in [0.5, 0.6) is 0 Å². The van der Waals surface area contributed by atoms with Crippen LogP contribution >= 0.6 is 20.0 Å². The average Bonchev–Trinajstić information content (AvgIpc) is 3.69. The molecule has 7 heterocycles. The normalized spacial score (nSPS) is 35.7. The number of aliphatic hydroxyl groups is 2. The van der Waals surface area contributed by atoms with Gasteiger partial charge in [-0.15, -0.1) is 0 Å². The number of hydrogen-bond acceptors (Lipinski definition) is 15. The number of nitrogens with zero attached hydrogens (tertiary/aromatic N) is 7. The molecule has 4 aromatic rings. The largest absolute Gasteiger partial charge is 0.472 e. The van der Waals surface area contributed by atoms with E-state index in [4.69, 9.17) is 42.2 Å². The third kappa shape index (κ3) is 4.57. The van der Waals surface area contributed by atoms with Gasteiger partial charge in [0, 0.05) is 5.92 Å². The number of aliphatic hydroxyl groups excluding tert-OH is 2. The van der Waals surface area contributed by atoms with E-state index in [1.807, 2.05) is 0 Å². The number of imidazole rings is 2. The van der Waals surface area contributed by atoms with Crippen molar-refractivity contribution in [2.24, 2.45) is 5.92 Å². The molecule has 0 aromatic carbocycles. The topological polar surface area (TPSA) is 257 Å². The predicted octanol–water partition coefficient (Wildman–Crippen LogP) is 0.312. The summed E-state index contributed by atoms with van der Waals surface area (Å²) in [7, 11) is -4.79. The molecule has 9 atom stereocenters. The smallest absolute Gasteiger partial charge is 0.388 e. The van der Waals surface area contributed by atoms with Crippen LogP contribution < -0.4 is 11.5 Å². The Bertz CT molecular complexity index is 1770. The van der Waals surface area contributed by atoms with Crippen LogP contribution in [0.1, 0.15) is 31.7 Å². The molecule has 3 fully saturated rings. The van der Waals surface area contributed by atoms with Gasteiger partial charge in [-0.1, -0.05) is 18.6 Å². The van der Waals surface area contributed by atoms with Gasteiger partial charge in [-0.2, -0.15) is 0 Å². The highest BCUT2D eigenvalue weighted by Gasteiger charge is 2.51. The number of fused-ring (bicyclic) bond motifs is 5. The van der Waals surface area contributed by atoms with Crippen molar-refractivity contribution in [3.05, 3.63) is 23.6 Å². The monoisotopic (exact) mass is 622 g/mol. The first kappa shape index (κ1) is 27.7. The molecule has 0 radical (unpaired) electrons. The van der Waals surface area contributed by atoms with Gasteiger partial charge in [0.1, 0.15) is 41.3 Å². The molecule has 2 bridgehead atoms.